The van der Waals surface area contributed by atoms with Gasteiger partial charge in [-0.15, -0.1) is 0 Å². The summed E-state index contributed by atoms with van der Waals surface area (Å²) < 4.78 is 5.00. The topological polar surface area (TPSA) is 58.8 Å². The van der Waals surface area contributed by atoms with E-state index < -0.39 is 6.04 Å². The van der Waals surface area contributed by atoms with Crippen LogP contribution in [-0.2, 0) is 9.53 Å². The number of amides is 1. The molecule has 2 unspecified atom stereocenters. The molecule has 2 rings (SSSR count). The molecule has 0 aliphatic carbocycles. The number of hydrogen-bond acceptors (Lipinski definition) is 4. The van der Waals surface area contributed by atoms with Crippen LogP contribution in [0.3, 0.4) is 0 Å². The van der Waals surface area contributed by atoms with E-state index in [1.165, 1.54) is 45.2 Å². The summed E-state index contributed by atoms with van der Waals surface area (Å²) in [6.07, 6.45) is 7.74. The minimum Gasteiger partial charge on any atom is -0.383 e. The highest BCUT2D eigenvalue weighted by molar-refractivity contribution is 5.81. The average Bonchev–Trinajstić information content (AvgIpc) is 2.75. The Kier molecular flexibility index (Phi) is 6.93. The SMILES string of the molecule is COCC(N)C(=O)N1CCCC(CN2CCCCCC2)C1. The van der Waals surface area contributed by atoms with Gasteiger partial charge in [-0.1, -0.05) is 12.8 Å². The second-order valence-corrected chi connectivity index (χ2v) is 6.57. The van der Waals surface area contributed by atoms with Crippen LogP contribution in [0.4, 0.5) is 0 Å². The van der Waals surface area contributed by atoms with E-state index in [4.69, 9.17) is 10.5 Å². The monoisotopic (exact) mass is 297 g/mol. The Balaban J connectivity index is 1.80. The second-order valence-electron chi connectivity index (χ2n) is 6.57. The zero-order valence-electron chi connectivity index (χ0n) is 13.4. The van der Waals surface area contributed by atoms with Crippen molar-refractivity contribution >= 4 is 5.91 Å². The van der Waals surface area contributed by atoms with Crippen molar-refractivity contribution in [2.75, 3.05) is 46.4 Å². The third-order valence-corrected chi connectivity index (χ3v) is 4.71. The smallest absolute Gasteiger partial charge is 0.241 e. The lowest BCUT2D eigenvalue weighted by Crippen LogP contribution is -2.51. The molecule has 2 saturated heterocycles. The molecule has 0 aromatic rings. The van der Waals surface area contributed by atoms with Gasteiger partial charge in [0.25, 0.3) is 0 Å². The first-order valence-electron chi connectivity index (χ1n) is 8.46. The standard InChI is InChI=1S/C16H31N3O2/c1-21-13-15(17)16(20)19-10-6-7-14(12-19)11-18-8-4-2-3-5-9-18/h14-15H,2-13,17H2,1H3. The van der Waals surface area contributed by atoms with Crippen molar-refractivity contribution < 1.29 is 9.53 Å². The van der Waals surface area contributed by atoms with Crippen LogP contribution < -0.4 is 5.73 Å². The van der Waals surface area contributed by atoms with Crippen molar-refractivity contribution in [2.45, 2.75) is 44.6 Å². The Morgan fingerprint density at radius 3 is 2.57 bits per heavy atom. The lowest BCUT2D eigenvalue weighted by atomic mass is 9.96. The van der Waals surface area contributed by atoms with Gasteiger partial charge >= 0.3 is 0 Å². The number of hydrogen-bond donors (Lipinski definition) is 1. The maximum absolute atomic E-state index is 12.3. The second kappa shape index (κ2) is 8.71. The number of methoxy groups -OCH3 is 1. The number of rotatable bonds is 5. The minimum absolute atomic E-state index is 0.0532. The zero-order chi connectivity index (χ0) is 15.1. The van der Waals surface area contributed by atoms with Crippen molar-refractivity contribution in [2.24, 2.45) is 11.7 Å². The molecule has 1 amide bonds. The van der Waals surface area contributed by atoms with Gasteiger partial charge in [-0.2, -0.15) is 0 Å². The molecule has 122 valence electrons. The molecule has 2 aliphatic heterocycles. The number of piperidine rings is 1. The number of ether oxygens (including phenoxy) is 1. The van der Waals surface area contributed by atoms with Crippen LogP contribution >= 0.6 is 0 Å². The predicted octanol–water partition coefficient (Wildman–Crippen LogP) is 1.07. The summed E-state index contributed by atoms with van der Waals surface area (Å²) in [5.41, 5.74) is 5.88. The minimum atomic E-state index is -0.507. The maximum atomic E-state index is 12.3. The number of likely N-dealkylation sites (tertiary alicyclic amines) is 2. The summed E-state index contributed by atoms with van der Waals surface area (Å²) in [6.45, 7) is 5.64. The van der Waals surface area contributed by atoms with Crippen molar-refractivity contribution in [3.63, 3.8) is 0 Å². The van der Waals surface area contributed by atoms with E-state index in [9.17, 15) is 4.79 Å². The van der Waals surface area contributed by atoms with Crippen LogP contribution in [0.5, 0.6) is 0 Å². The van der Waals surface area contributed by atoms with Gasteiger partial charge in [0.05, 0.1) is 6.61 Å². The van der Waals surface area contributed by atoms with E-state index in [-0.39, 0.29) is 5.91 Å². The van der Waals surface area contributed by atoms with Gasteiger partial charge in [0.15, 0.2) is 0 Å². The first-order chi connectivity index (χ1) is 10.2. The van der Waals surface area contributed by atoms with E-state index in [1.807, 2.05) is 4.90 Å². The highest BCUT2D eigenvalue weighted by Gasteiger charge is 2.28. The van der Waals surface area contributed by atoms with Crippen LogP contribution in [0.1, 0.15) is 38.5 Å². The zero-order valence-corrected chi connectivity index (χ0v) is 13.4. The highest BCUT2D eigenvalue weighted by Crippen LogP contribution is 2.20. The summed E-state index contributed by atoms with van der Waals surface area (Å²) in [6, 6.07) is -0.507. The molecule has 0 aromatic heterocycles. The van der Waals surface area contributed by atoms with Crippen molar-refractivity contribution in [3.05, 3.63) is 0 Å². The number of nitrogens with zero attached hydrogens (tertiary/aromatic N) is 2. The quantitative estimate of drug-likeness (QED) is 0.825. The molecular formula is C16H31N3O2. The van der Waals surface area contributed by atoms with Crippen molar-refractivity contribution in [1.29, 1.82) is 0 Å². The van der Waals surface area contributed by atoms with Gasteiger partial charge in [-0.25, -0.2) is 0 Å². The van der Waals surface area contributed by atoms with Crippen molar-refractivity contribution in [1.82, 2.24) is 9.80 Å². The van der Waals surface area contributed by atoms with Gasteiger partial charge in [-0.3, -0.25) is 4.79 Å². The van der Waals surface area contributed by atoms with Crippen LogP contribution in [0.2, 0.25) is 0 Å². The molecule has 0 bridgehead atoms. The molecule has 0 aromatic carbocycles. The van der Waals surface area contributed by atoms with E-state index in [2.05, 4.69) is 4.90 Å². The van der Waals surface area contributed by atoms with Gasteiger partial charge in [-0.05, 0) is 44.7 Å². The highest BCUT2D eigenvalue weighted by atomic mass is 16.5. The van der Waals surface area contributed by atoms with Crippen molar-refractivity contribution in [3.8, 4) is 0 Å². The predicted molar refractivity (Wildman–Crippen MR) is 84.1 cm³/mol. The molecule has 5 nitrogen and oxygen atoms in total. The third-order valence-electron chi connectivity index (χ3n) is 4.71. The number of carbonyl (C=O) groups is 1. The Morgan fingerprint density at radius 2 is 1.90 bits per heavy atom. The summed E-state index contributed by atoms with van der Waals surface area (Å²) in [5, 5.41) is 0. The van der Waals surface area contributed by atoms with E-state index in [1.54, 1.807) is 7.11 Å². The molecule has 2 fully saturated rings. The first-order valence-corrected chi connectivity index (χ1v) is 8.46. The fraction of sp³-hybridized carbons (Fsp3) is 0.938. The maximum Gasteiger partial charge on any atom is 0.241 e. The van der Waals surface area contributed by atoms with E-state index >= 15 is 0 Å². The molecule has 21 heavy (non-hydrogen) atoms. The summed E-state index contributed by atoms with van der Waals surface area (Å²) in [7, 11) is 1.59. The summed E-state index contributed by atoms with van der Waals surface area (Å²) in [5.74, 6) is 0.660. The first kappa shape index (κ1) is 16.7. The molecule has 0 spiro atoms. The number of carbonyl (C=O) groups excluding carboxylic acids is 1. The normalized spacial score (nSPS) is 26.4. The largest absolute Gasteiger partial charge is 0.383 e. The molecule has 2 N–H and O–H groups in total. The van der Waals surface area contributed by atoms with Crippen LogP contribution in [0, 0.1) is 5.92 Å². The van der Waals surface area contributed by atoms with Crippen LogP contribution in [0.15, 0.2) is 0 Å². The molecule has 0 radical (unpaired) electrons. The summed E-state index contributed by atoms with van der Waals surface area (Å²) in [4.78, 5) is 16.8. The van der Waals surface area contributed by atoms with Gasteiger partial charge in [0.1, 0.15) is 6.04 Å². The molecular weight excluding hydrogens is 266 g/mol. The molecule has 2 aliphatic rings. The molecule has 2 atom stereocenters. The van der Waals surface area contributed by atoms with Crippen LogP contribution in [-0.4, -0.2) is 68.2 Å². The van der Waals surface area contributed by atoms with E-state index in [0.717, 1.165) is 26.1 Å². The lowest BCUT2D eigenvalue weighted by Gasteiger charge is -2.36. The lowest BCUT2D eigenvalue weighted by molar-refractivity contribution is -0.135. The van der Waals surface area contributed by atoms with E-state index in [0.29, 0.717) is 12.5 Å². The number of nitrogens with two attached hydrogens (primary N) is 1. The molecule has 2 heterocycles. The fourth-order valence-electron chi connectivity index (χ4n) is 3.58. The Morgan fingerprint density at radius 1 is 1.19 bits per heavy atom. The Bertz CT molecular complexity index is 317. The fourth-order valence-corrected chi connectivity index (χ4v) is 3.58. The van der Waals surface area contributed by atoms with Gasteiger partial charge in [0, 0.05) is 26.7 Å². The van der Waals surface area contributed by atoms with Crippen LogP contribution in [0.25, 0.3) is 0 Å². The third kappa shape index (κ3) is 5.24. The average molecular weight is 297 g/mol. The van der Waals surface area contributed by atoms with Gasteiger partial charge < -0.3 is 20.3 Å². The Labute approximate surface area is 128 Å². The molecule has 0 saturated carbocycles. The van der Waals surface area contributed by atoms with Gasteiger partial charge in [0.2, 0.25) is 5.91 Å². The Hall–Kier alpha value is -0.650. The summed E-state index contributed by atoms with van der Waals surface area (Å²) >= 11 is 0. The molecule has 5 heteroatoms.